The zero-order chi connectivity index (χ0) is 15.5. The number of amides is 1. The Hall–Kier alpha value is -2.08. The van der Waals surface area contributed by atoms with Gasteiger partial charge in [0.25, 0.3) is 0 Å². The minimum absolute atomic E-state index is 0.0657. The molecule has 1 saturated heterocycles. The first-order chi connectivity index (χ1) is 10.6. The van der Waals surface area contributed by atoms with Crippen molar-refractivity contribution in [2.24, 2.45) is 7.05 Å². The zero-order valence-electron chi connectivity index (χ0n) is 12.4. The average Bonchev–Trinajstić information content (AvgIpc) is 2.91. The van der Waals surface area contributed by atoms with Gasteiger partial charge in [-0.1, -0.05) is 11.6 Å². The van der Waals surface area contributed by atoms with E-state index in [0.29, 0.717) is 17.4 Å². The highest BCUT2D eigenvalue weighted by Crippen LogP contribution is 2.22. The van der Waals surface area contributed by atoms with E-state index in [9.17, 15) is 4.79 Å². The lowest BCUT2D eigenvalue weighted by Crippen LogP contribution is -2.47. The Morgan fingerprint density at radius 1 is 1.41 bits per heavy atom. The molecule has 0 radical (unpaired) electrons. The molecule has 0 aromatic carbocycles. The molecule has 3 heterocycles. The second-order valence-corrected chi connectivity index (χ2v) is 5.79. The number of nitrogens with one attached hydrogen (secondary N) is 1. The third kappa shape index (κ3) is 3.06. The van der Waals surface area contributed by atoms with Crippen molar-refractivity contribution >= 4 is 23.3 Å². The van der Waals surface area contributed by atoms with Gasteiger partial charge in [0.15, 0.2) is 0 Å². The second kappa shape index (κ2) is 6.36. The molecule has 3 rings (SSSR count). The summed E-state index contributed by atoms with van der Waals surface area (Å²) in [6, 6.07) is 3.24. The topological polar surface area (TPSA) is 63.1 Å². The van der Waals surface area contributed by atoms with E-state index in [1.54, 1.807) is 24.5 Å². The van der Waals surface area contributed by atoms with Crippen LogP contribution in [0.15, 0.2) is 30.7 Å². The third-order valence-electron chi connectivity index (χ3n) is 3.85. The number of halogens is 1. The van der Waals surface area contributed by atoms with Crippen LogP contribution in [0, 0.1) is 0 Å². The van der Waals surface area contributed by atoms with Gasteiger partial charge in [-0.25, -0.2) is 9.97 Å². The van der Waals surface area contributed by atoms with Crippen LogP contribution in [-0.4, -0.2) is 37.9 Å². The van der Waals surface area contributed by atoms with Crippen LogP contribution in [0.1, 0.15) is 18.7 Å². The van der Waals surface area contributed by atoms with Crippen molar-refractivity contribution in [3.05, 3.63) is 41.6 Å². The number of hydrogen-bond acceptors (Lipinski definition) is 4. The van der Waals surface area contributed by atoms with E-state index in [1.165, 1.54) is 0 Å². The van der Waals surface area contributed by atoms with Crippen molar-refractivity contribution in [3.63, 3.8) is 0 Å². The molecule has 1 aliphatic heterocycles. The van der Waals surface area contributed by atoms with Gasteiger partial charge in [-0.3, -0.25) is 4.79 Å². The van der Waals surface area contributed by atoms with Crippen LogP contribution in [-0.2, 0) is 18.4 Å². The van der Waals surface area contributed by atoms with Crippen LogP contribution in [0.4, 0.5) is 5.82 Å². The van der Waals surface area contributed by atoms with Crippen molar-refractivity contribution < 1.29 is 4.79 Å². The highest BCUT2D eigenvalue weighted by Gasteiger charge is 2.29. The first-order valence-electron chi connectivity index (χ1n) is 7.27. The lowest BCUT2D eigenvalue weighted by atomic mass is 10.0. The Kier molecular flexibility index (Phi) is 4.29. The lowest BCUT2D eigenvalue weighted by Gasteiger charge is -2.32. The van der Waals surface area contributed by atoms with E-state index in [4.69, 9.17) is 11.6 Å². The molecule has 116 valence electrons. The van der Waals surface area contributed by atoms with Crippen molar-refractivity contribution in [1.82, 2.24) is 19.4 Å². The molecule has 6 nitrogen and oxygen atoms in total. The fourth-order valence-corrected chi connectivity index (χ4v) is 2.78. The van der Waals surface area contributed by atoms with E-state index >= 15 is 0 Å². The molecule has 0 spiro atoms. The predicted octanol–water partition coefficient (Wildman–Crippen LogP) is 2.07. The molecule has 1 atom stereocenters. The molecule has 1 fully saturated rings. The molecule has 2 aromatic rings. The SMILES string of the molecule is Cn1ccnc1CN1CCCC(Nc2ncccc2Cl)C1=O. The van der Waals surface area contributed by atoms with Gasteiger partial charge < -0.3 is 14.8 Å². The number of pyridine rings is 1. The predicted molar refractivity (Wildman–Crippen MR) is 84.5 cm³/mol. The van der Waals surface area contributed by atoms with Crippen LogP contribution >= 0.6 is 11.6 Å². The summed E-state index contributed by atoms with van der Waals surface area (Å²) >= 11 is 6.10. The number of aromatic nitrogens is 3. The summed E-state index contributed by atoms with van der Waals surface area (Å²) in [5, 5.41) is 3.69. The number of piperidine rings is 1. The maximum atomic E-state index is 12.6. The summed E-state index contributed by atoms with van der Waals surface area (Å²) in [7, 11) is 1.93. The van der Waals surface area contributed by atoms with Gasteiger partial charge in [-0.2, -0.15) is 0 Å². The summed E-state index contributed by atoms with van der Waals surface area (Å²) < 4.78 is 1.93. The number of imidazole rings is 1. The number of hydrogen-bond donors (Lipinski definition) is 1. The molecular formula is C15H18ClN5O. The van der Waals surface area contributed by atoms with E-state index in [1.807, 2.05) is 22.7 Å². The van der Waals surface area contributed by atoms with Gasteiger partial charge >= 0.3 is 0 Å². The summed E-state index contributed by atoms with van der Waals surface area (Å²) in [6.07, 6.45) is 7.01. The lowest BCUT2D eigenvalue weighted by molar-refractivity contribution is -0.135. The van der Waals surface area contributed by atoms with Gasteiger partial charge in [0.1, 0.15) is 17.7 Å². The van der Waals surface area contributed by atoms with Crippen LogP contribution in [0.25, 0.3) is 0 Å². The van der Waals surface area contributed by atoms with E-state index in [0.717, 1.165) is 25.2 Å². The summed E-state index contributed by atoms with van der Waals surface area (Å²) in [5.74, 6) is 1.50. The molecule has 1 unspecified atom stereocenters. The number of likely N-dealkylation sites (tertiary alicyclic amines) is 1. The fourth-order valence-electron chi connectivity index (χ4n) is 2.61. The Bertz CT molecular complexity index is 671. The van der Waals surface area contributed by atoms with Crippen LogP contribution < -0.4 is 5.32 Å². The first kappa shape index (κ1) is 14.8. The Morgan fingerprint density at radius 2 is 2.27 bits per heavy atom. The number of rotatable bonds is 4. The number of carbonyl (C=O) groups excluding carboxylic acids is 1. The minimum atomic E-state index is -0.290. The number of anilines is 1. The zero-order valence-corrected chi connectivity index (χ0v) is 13.1. The summed E-state index contributed by atoms with van der Waals surface area (Å²) in [6.45, 7) is 1.27. The number of carbonyl (C=O) groups is 1. The standard InChI is InChI=1S/C15H18ClN5O/c1-20-9-7-17-13(20)10-21-8-3-5-12(15(21)22)19-14-11(16)4-2-6-18-14/h2,4,6-7,9,12H,3,5,8,10H2,1H3,(H,18,19). The molecular weight excluding hydrogens is 302 g/mol. The van der Waals surface area contributed by atoms with E-state index in [2.05, 4.69) is 15.3 Å². The molecule has 0 aliphatic carbocycles. The maximum Gasteiger partial charge on any atom is 0.245 e. The monoisotopic (exact) mass is 319 g/mol. The Morgan fingerprint density at radius 3 is 3.00 bits per heavy atom. The maximum absolute atomic E-state index is 12.6. The minimum Gasteiger partial charge on any atom is -0.357 e. The Labute approximate surface area is 134 Å². The van der Waals surface area contributed by atoms with Gasteiger partial charge in [-0.15, -0.1) is 0 Å². The van der Waals surface area contributed by atoms with Gasteiger partial charge in [0.2, 0.25) is 5.91 Å². The molecule has 22 heavy (non-hydrogen) atoms. The molecule has 1 N–H and O–H groups in total. The van der Waals surface area contributed by atoms with Crippen molar-refractivity contribution in [2.75, 3.05) is 11.9 Å². The van der Waals surface area contributed by atoms with Crippen molar-refractivity contribution in [1.29, 1.82) is 0 Å². The van der Waals surface area contributed by atoms with E-state index < -0.39 is 0 Å². The molecule has 7 heteroatoms. The fraction of sp³-hybridized carbons (Fsp3) is 0.400. The molecule has 1 aliphatic rings. The largest absolute Gasteiger partial charge is 0.357 e. The molecule has 2 aromatic heterocycles. The third-order valence-corrected chi connectivity index (χ3v) is 4.16. The van der Waals surface area contributed by atoms with Crippen LogP contribution in [0.3, 0.4) is 0 Å². The van der Waals surface area contributed by atoms with Crippen LogP contribution in [0.5, 0.6) is 0 Å². The Balaban J connectivity index is 1.70. The summed E-state index contributed by atoms with van der Waals surface area (Å²) in [4.78, 5) is 22.9. The highest BCUT2D eigenvalue weighted by atomic mass is 35.5. The highest BCUT2D eigenvalue weighted by molar-refractivity contribution is 6.32. The molecule has 0 bridgehead atoms. The van der Waals surface area contributed by atoms with Gasteiger partial charge in [0, 0.05) is 32.2 Å². The molecule has 1 amide bonds. The number of nitrogens with zero attached hydrogens (tertiary/aromatic N) is 4. The first-order valence-corrected chi connectivity index (χ1v) is 7.65. The van der Waals surface area contributed by atoms with Crippen LogP contribution in [0.2, 0.25) is 5.02 Å². The normalized spacial score (nSPS) is 18.5. The number of aryl methyl sites for hydroxylation is 1. The summed E-state index contributed by atoms with van der Waals surface area (Å²) in [5.41, 5.74) is 0. The van der Waals surface area contributed by atoms with E-state index in [-0.39, 0.29) is 11.9 Å². The van der Waals surface area contributed by atoms with Gasteiger partial charge in [0.05, 0.1) is 11.6 Å². The van der Waals surface area contributed by atoms with Gasteiger partial charge in [-0.05, 0) is 25.0 Å². The van der Waals surface area contributed by atoms with Crippen molar-refractivity contribution in [3.8, 4) is 0 Å². The quantitative estimate of drug-likeness (QED) is 0.937. The average molecular weight is 320 g/mol. The molecule has 0 saturated carbocycles. The second-order valence-electron chi connectivity index (χ2n) is 5.39. The van der Waals surface area contributed by atoms with Crippen molar-refractivity contribution in [2.45, 2.75) is 25.4 Å². The smallest absolute Gasteiger partial charge is 0.245 e.